The molecule has 14 rings (SSSR count). The van der Waals surface area contributed by atoms with Gasteiger partial charge in [-0.2, -0.15) is 0 Å². The molecule has 6 aliphatic rings. The fraction of sp³-hybridized carbons (Fsp3) is 0.150. The number of hydrogen-bond acceptors (Lipinski definition) is 14. The largest absolute Gasteiger partial charge is 0.508 e. The van der Waals surface area contributed by atoms with Crippen LogP contribution in [0.4, 0.5) is 0 Å². The molecule has 6 aliphatic heterocycles. The van der Waals surface area contributed by atoms with Crippen LogP contribution in [0.3, 0.4) is 0 Å². The topological polar surface area (TPSA) is 353 Å². The Morgan fingerprint density at radius 2 is 1.12 bits per heavy atom. The van der Waals surface area contributed by atoms with Crippen LogP contribution >= 0.6 is 0 Å². The summed E-state index contributed by atoms with van der Waals surface area (Å²) in [6.45, 7) is 0. The highest BCUT2D eigenvalue weighted by Crippen LogP contribution is 2.44. The summed E-state index contributed by atoms with van der Waals surface area (Å²) in [6.07, 6.45) is 1.24. The molecule has 7 unspecified atom stereocenters. The standard InChI is InChI=1S/C60H50N8O14/c61-48(29-3-11-36(69)12-4-29)56(75)63-44-24-35-27-62-42-23-32(9-19-40(35)42)41-22-34-26-47(53(41)72)82-38-15-1-28(2-16-38)21-43-54(73)68-52(60(79)80)33-10-20-45(71)46(25-33)81-39-17-7-31(8-18-39)49(57(76)64-43)66-59(78)51(34)67-58(77)50(65-55(44)74)30-5-13-37(70)14-6-30/h1-20,22-23,25-27,43-44,48-52,62,69-72H,21,24,61H2,(H,63,75)(H,64,76)(H,65,74)(H,66,78)(H,67,77)(H,68,73)(H,79,80). The van der Waals surface area contributed by atoms with Crippen LogP contribution in [0.1, 0.15) is 69.2 Å². The summed E-state index contributed by atoms with van der Waals surface area (Å²) in [6, 6.07) is 23.2. The van der Waals surface area contributed by atoms with Crippen molar-refractivity contribution in [3.05, 3.63) is 191 Å². The maximum Gasteiger partial charge on any atom is 0.330 e. The molecule has 0 radical (unpaired) electrons. The van der Waals surface area contributed by atoms with Crippen molar-refractivity contribution in [2.75, 3.05) is 0 Å². The van der Waals surface area contributed by atoms with Gasteiger partial charge in [0.15, 0.2) is 29.0 Å². The van der Waals surface area contributed by atoms with Crippen LogP contribution in [0.15, 0.2) is 152 Å². The summed E-state index contributed by atoms with van der Waals surface area (Å²) in [5.41, 5.74) is 8.95. The van der Waals surface area contributed by atoms with Gasteiger partial charge in [0.25, 0.3) is 0 Å². The van der Waals surface area contributed by atoms with Gasteiger partial charge in [0.05, 0.1) is 0 Å². The van der Waals surface area contributed by atoms with Crippen molar-refractivity contribution in [2.24, 2.45) is 5.73 Å². The summed E-state index contributed by atoms with van der Waals surface area (Å²) in [7, 11) is 0. The molecule has 8 aromatic rings. The van der Waals surface area contributed by atoms with E-state index in [0.717, 1.165) is 0 Å². The normalized spacial score (nSPS) is 20.3. The number of aromatic nitrogens is 1. The van der Waals surface area contributed by atoms with Gasteiger partial charge in [-0.3, -0.25) is 28.8 Å². The monoisotopic (exact) mass is 1110 g/mol. The van der Waals surface area contributed by atoms with E-state index in [1.165, 1.54) is 115 Å². The van der Waals surface area contributed by atoms with Crippen LogP contribution in [0.5, 0.6) is 46.0 Å². The van der Waals surface area contributed by atoms with Crippen molar-refractivity contribution < 1.29 is 68.6 Å². The van der Waals surface area contributed by atoms with Gasteiger partial charge in [-0.05, 0) is 123 Å². The van der Waals surface area contributed by atoms with E-state index >= 15 is 14.4 Å². The predicted octanol–water partition coefficient (Wildman–Crippen LogP) is 5.15. The number of hydrogen-bond donors (Lipinski definition) is 13. The molecule has 0 saturated heterocycles. The van der Waals surface area contributed by atoms with Crippen molar-refractivity contribution in [3.63, 3.8) is 0 Å². The number of aromatic hydroxyl groups is 4. The maximum absolute atomic E-state index is 15.6. The number of carbonyl (C=O) groups excluding carboxylic acids is 6. The minimum absolute atomic E-state index is 0.0155. The van der Waals surface area contributed by atoms with Crippen molar-refractivity contribution in [3.8, 4) is 57.1 Å². The van der Waals surface area contributed by atoms with Crippen LogP contribution in [0, 0.1) is 0 Å². The number of phenolic OH excluding ortho intramolecular Hbond substituents is 4. The summed E-state index contributed by atoms with van der Waals surface area (Å²) < 4.78 is 12.3. The number of benzene rings is 7. The number of nitrogens with two attached hydrogens (primary N) is 1. The molecule has 7 heterocycles. The molecule has 1 aromatic heterocycles. The minimum atomic E-state index is -1.86. The van der Waals surface area contributed by atoms with Gasteiger partial charge in [-0.15, -0.1) is 0 Å². The van der Waals surface area contributed by atoms with E-state index in [4.69, 9.17) is 15.2 Å². The first kappa shape index (κ1) is 53.1. The first-order chi connectivity index (χ1) is 39.4. The average molecular weight is 1110 g/mol. The van der Waals surface area contributed by atoms with Crippen molar-refractivity contribution in [1.82, 2.24) is 36.9 Å². The molecule has 6 amide bonds. The van der Waals surface area contributed by atoms with Crippen molar-refractivity contribution >= 4 is 52.3 Å². The second-order valence-electron chi connectivity index (χ2n) is 19.9. The van der Waals surface area contributed by atoms with E-state index < -0.39 is 89.5 Å². The van der Waals surface area contributed by atoms with Gasteiger partial charge < -0.3 is 77.6 Å². The molecule has 22 nitrogen and oxygen atoms in total. The van der Waals surface area contributed by atoms with Crippen molar-refractivity contribution in [2.45, 2.75) is 55.1 Å². The third-order valence-electron chi connectivity index (χ3n) is 14.5. The third kappa shape index (κ3) is 10.8. The lowest BCUT2D eigenvalue weighted by atomic mass is 9.94. The smallest absolute Gasteiger partial charge is 0.330 e. The molecule has 82 heavy (non-hydrogen) atoms. The van der Waals surface area contributed by atoms with Crippen LogP contribution in [0.2, 0.25) is 0 Å². The van der Waals surface area contributed by atoms with E-state index in [0.29, 0.717) is 33.2 Å². The molecule has 0 spiro atoms. The average Bonchev–Trinajstić information content (AvgIpc) is 3.94. The zero-order valence-electron chi connectivity index (χ0n) is 42.9. The summed E-state index contributed by atoms with van der Waals surface area (Å²) in [4.78, 5) is 105. The molecule has 7 aromatic carbocycles. The lowest BCUT2D eigenvalue weighted by Crippen LogP contribution is -2.54. The predicted molar refractivity (Wildman–Crippen MR) is 292 cm³/mol. The molecule has 22 heteroatoms. The highest BCUT2D eigenvalue weighted by Gasteiger charge is 2.38. The number of nitrogens with one attached hydrogen (secondary N) is 7. The Kier molecular flexibility index (Phi) is 14.1. The number of carbonyl (C=O) groups is 7. The molecule has 7 atom stereocenters. The Balaban J connectivity index is 1.07. The fourth-order valence-corrected chi connectivity index (χ4v) is 10.1. The highest BCUT2D eigenvalue weighted by molar-refractivity contribution is 5.99. The van der Waals surface area contributed by atoms with E-state index in [1.807, 2.05) is 0 Å². The second-order valence-corrected chi connectivity index (χ2v) is 19.9. The number of phenols is 4. The lowest BCUT2D eigenvalue weighted by Gasteiger charge is -2.29. The number of carboxylic acid groups (broad SMARTS) is 1. The molecule has 0 saturated carbocycles. The summed E-state index contributed by atoms with van der Waals surface area (Å²) in [5, 5.41) is 70.5. The van der Waals surface area contributed by atoms with Gasteiger partial charge in [0, 0.05) is 35.5 Å². The number of carboxylic acids is 1. The Hall–Kier alpha value is -10.9. The summed E-state index contributed by atoms with van der Waals surface area (Å²) >= 11 is 0. The van der Waals surface area contributed by atoms with Crippen molar-refractivity contribution in [1.29, 1.82) is 0 Å². The fourth-order valence-electron chi connectivity index (χ4n) is 10.1. The number of H-pyrrole nitrogens is 1. The molecular weight excluding hydrogens is 1060 g/mol. The zero-order valence-corrected chi connectivity index (χ0v) is 42.9. The van der Waals surface area contributed by atoms with E-state index in [-0.39, 0.29) is 80.9 Å². The Bertz CT molecular complexity index is 3870. The number of fused-ring (bicyclic) bond motifs is 14. The summed E-state index contributed by atoms with van der Waals surface area (Å²) in [5.74, 6) is -8.29. The number of aromatic amines is 1. The first-order valence-corrected chi connectivity index (χ1v) is 25.7. The van der Waals surface area contributed by atoms with Crippen LogP contribution in [0.25, 0.3) is 22.0 Å². The second kappa shape index (κ2) is 21.8. The van der Waals surface area contributed by atoms with E-state index in [1.54, 1.807) is 36.5 Å². The lowest BCUT2D eigenvalue weighted by molar-refractivity contribution is -0.142. The first-order valence-electron chi connectivity index (χ1n) is 25.7. The number of ether oxygens (including phenoxy) is 2. The Labute approximate surface area is 464 Å². The van der Waals surface area contributed by atoms with Gasteiger partial charge in [-0.25, -0.2) is 4.79 Å². The minimum Gasteiger partial charge on any atom is -0.508 e. The van der Waals surface area contributed by atoms with Gasteiger partial charge in [0.2, 0.25) is 35.4 Å². The highest BCUT2D eigenvalue weighted by atomic mass is 16.5. The van der Waals surface area contributed by atoms with Gasteiger partial charge in [-0.1, -0.05) is 66.7 Å². The van der Waals surface area contributed by atoms with Gasteiger partial charge >= 0.3 is 5.97 Å². The zero-order chi connectivity index (χ0) is 57.5. The Morgan fingerprint density at radius 3 is 1.78 bits per heavy atom. The molecule has 14 N–H and O–H groups in total. The molecular formula is C60H50N8O14. The molecule has 0 aliphatic carbocycles. The third-order valence-corrected chi connectivity index (χ3v) is 14.5. The Morgan fingerprint density at radius 1 is 0.561 bits per heavy atom. The van der Waals surface area contributed by atoms with Crippen LogP contribution in [-0.4, -0.2) is 84.0 Å². The quantitative estimate of drug-likeness (QED) is 0.106. The maximum atomic E-state index is 15.6. The number of aliphatic carboxylic acids is 1. The number of amides is 6. The van der Waals surface area contributed by atoms with E-state index in [2.05, 4.69) is 36.9 Å². The molecule has 414 valence electrons. The molecule has 15 bridgehead atoms. The molecule has 0 fully saturated rings. The number of rotatable bonds is 5. The van der Waals surface area contributed by atoms with Gasteiger partial charge in [0.1, 0.15) is 59.2 Å². The SMILES string of the molecule is NC(C(=O)NC1Cc2c[nH]c3cc(ccc23)-c2cc3cc(c2O)Oc2ccc(cc2)CC2NC(=O)C(NC(=O)C3NC(=O)C(c3ccc(O)cc3)NC1=O)c1ccc(cc1)Oc1cc(ccc1O)C(C(=O)O)NC2=O)c1ccc(O)cc1. The van der Waals surface area contributed by atoms with Crippen LogP contribution < -0.4 is 47.1 Å². The van der Waals surface area contributed by atoms with Crippen LogP contribution in [-0.2, 0) is 46.4 Å². The van der Waals surface area contributed by atoms with E-state index in [9.17, 15) is 44.7 Å².